The van der Waals surface area contributed by atoms with Gasteiger partial charge in [-0.15, -0.1) is 0 Å². The van der Waals surface area contributed by atoms with Crippen LogP contribution in [-0.4, -0.2) is 57.1 Å². The number of aromatic nitrogens is 1. The number of likely N-dealkylation sites (tertiary alicyclic amines) is 1. The third kappa shape index (κ3) is 9.18. The first kappa shape index (κ1) is 38.8. The SMILES string of the molecule is C[C@H]1[C@@H](CN2[C@@H](C(=O)NC(C)(C)C)CC[C@H]3CCCC[C@H]32)O[C@@H](c2ccc(-c3ccccc3CNC(=O)c3cccnc3)cc2)O[C@H]1c1ccc(CO)cc1. The van der Waals surface area contributed by atoms with Crippen LogP contribution in [0.15, 0.2) is 97.3 Å². The third-order valence-electron chi connectivity index (χ3n) is 11.7. The van der Waals surface area contributed by atoms with Gasteiger partial charge in [-0.3, -0.25) is 19.5 Å². The van der Waals surface area contributed by atoms with Crippen molar-refractivity contribution in [3.8, 4) is 11.1 Å². The molecule has 3 aliphatic rings. The van der Waals surface area contributed by atoms with Crippen molar-refractivity contribution >= 4 is 11.8 Å². The maximum absolute atomic E-state index is 13.9. The Morgan fingerprint density at radius 1 is 0.873 bits per heavy atom. The second kappa shape index (κ2) is 17.2. The highest BCUT2D eigenvalue weighted by atomic mass is 16.7. The van der Waals surface area contributed by atoms with Crippen molar-refractivity contribution in [1.29, 1.82) is 0 Å². The first-order valence-corrected chi connectivity index (χ1v) is 20.0. The molecule has 2 amide bonds. The van der Waals surface area contributed by atoms with E-state index in [9.17, 15) is 14.7 Å². The number of hydrogen-bond donors (Lipinski definition) is 3. The number of nitrogens with one attached hydrogen (secondary N) is 2. The first-order chi connectivity index (χ1) is 26.6. The molecule has 1 saturated carbocycles. The van der Waals surface area contributed by atoms with Gasteiger partial charge in [-0.25, -0.2) is 0 Å². The van der Waals surface area contributed by atoms with E-state index >= 15 is 0 Å². The Kier molecular flexibility index (Phi) is 12.1. The molecule has 3 heterocycles. The van der Waals surface area contributed by atoms with E-state index in [2.05, 4.69) is 69.9 Å². The number of aliphatic hydroxyl groups excluding tert-OH is 1. The molecule has 3 aromatic carbocycles. The topological polar surface area (TPSA) is 113 Å². The lowest BCUT2D eigenvalue weighted by molar-refractivity contribution is -0.278. The lowest BCUT2D eigenvalue weighted by Crippen LogP contribution is -2.61. The number of ether oxygens (including phenoxy) is 2. The van der Waals surface area contributed by atoms with Gasteiger partial charge in [-0.1, -0.05) is 92.6 Å². The number of fused-ring (bicyclic) bond motifs is 1. The molecule has 3 N–H and O–H groups in total. The molecular weight excluding hydrogens is 689 g/mol. The van der Waals surface area contributed by atoms with Gasteiger partial charge < -0.3 is 25.2 Å². The minimum atomic E-state index is -0.624. The van der Waals surface area contributed by atoms with Crippen LogP contribution in [0.3, 0.4) is 0 Å². The molecule has 7 atom stereocenters. The molecule has 2 saturated heterocycles. The maximum Gasteiger partial charge on any atom is 0.253 e. The van der Waals surface area contributed by atoms with Crippen molar-refractivity contribution in [1.82, 2.24) is 20.5 Å². The van der Waals surface area contributed by atoms with Gasteiger partial charge >= 0.3 is 0 Å². The summed E-state index contributed by atoms with van der Waals surface area (Å²) in [6.07, 6.45) is 8.84. The number of amides is 2. The monoisotopic (exact) mass is 744 g/mol. The molecular formula is C46H56N4O5. The van der Waals surface area contributed by atoms with E-state index in [1.165, 1.54) is 19.3 Å². The van der Waals surface area contributed by atoms with E-state index in [-0.39, 0.29) is 48.1 Å². The third-order valence-corrected chi connectivity index (χ3v) is 11.7. The van der Waals surface area contributed by atoms with Crippen molar-refractivity contribution in [2.75, 3.05) is 6.54 Å². The first-order valence-electron chi connectivity index (χ1n) is 20.0. The van der Waals surface area contributed by atoms with E-state index < -0.39 is 6.29 Å². The zero-order valence-corrected chi connectivity index (χ0v) is 32.6. The fraction of sp³-hybridized carbons (Fsp3) is 0.457. The Balaban J connectivity index is 1.15. The molecule has 4 aromatic rings. The van der Waals surface area contributed by atoms with Gasteiger partial charge in [0.05, 0.1) is 30.4 Å². The number of piperidine rings is 1. The number of carbonyl (C=O) groups is 2. The van der Waals surface area contributed by atoms with Gasteiger partial charge in [0.15, 0.2) is 6.29 Å². The molecule has 1 aromatic heterocycles. The molecule has 0 radical (unpaired) electrons. The fourth-order valence-electron chi connectivity index (χ4n) is 8.81. The number of carbonyl (C=O) groups excluding carboxylic acids is 2. The minimum absolute atomic E-state index is 0.000418. The number of rotatable bonds is 10. The Morgan fingerprint density at radius 3 is 2.35 bits per heavy atom. The van der Waals surface area contributed by atoms with Crippen LogP contribution in [0, 0.1) is 11.8 Å². The number of hydrogen-bond acceptors (Lipinski definition) is 7. The highest BCUT2D eigenvalue weighted by Gasteiger charge is 2.46. The van der Waals surface area contributed by atoms with Crippen LogP contribution in [0.25, 0.3) is 11.1 Å². The predicted molar refractivity (Wildman–Crippen MR) is 214 cm³/mol. The molecule has 9 heteroatoms. The Hall–Kier alpha value is -4.41. The molecule has 290 valence electrons. The summed E-state index contributed by atoms with van der Waals surface area (Å²) in [7, 11) is 0. The Morgan fingerprint density at radius 2 is 1.62 bits per heavy atom. The molecule has 9 nitrogen and oxygen atoms in total. The van der Waals surface area contributed by atoms with Gasteiger partial charge in [0.25, 0.3) is 5.91 Å². The smallest absolute Gasteiger partial charge is 0.253 e. The van der Waals surface area contributed by atoms with Gasteiger partial charge in [0, 0.05) is 48.5 Å². The standard InChI is InChI=1S/C46H56N4O5/c1-30-41(28-50-39-14-8-6-10-33(39)23-24-40(50)44(53)49-46(2,3)4)54-45(55-42(30)34-17-15-31(29-51)16-18-34)35-21-19-32(20-22-35)38-13-7-5-11-36(38)27-48-43(52)37-12-9-25-47-26-37/h5,7,9,11-13,15-22,25-26,30,33,39-42,45,51H,6,8,10,14,23-24,27-29H2,1-4H3,(H,48,52)(H,49,53)/t30-,33+,39+,40+,41+,42+,45+/m0/s1. The average molecular weight is 745 g/mol. The Labute approximate surface area is 325 Å². The van der Waals surface area contributed by atoms with E-state index in [0.29, 0.717) is 30.6 Å². The minimum Gasteiger partial charge on any atom is -0.392 e. The van der Waals surface area contributed by atoms with Crippen LogP contribution in [0.5, 0.6) is 0 Å². The van der Waals surface area contributed by atoms with E-state index in [1.54, 1.807) is 24.5 Å². The molecule has 1 aliphatic carbocycles. The lowest BCUT2D eigenvalue weighted by atomic mass is 9.75. The summed E-state index contributed by atoms with van der Waals surface area (Å²) >= 11 is 0. The van der Waals surface area contributed by atoms with Crippen LogP contribution in [0.2, 0.25) is 0 Å². The predicted octanol–water partition coefficient (Wildman–Crippen LogP) is 7.90. The molecule has 0 unspecified atom stereocenters. The highest BCUT2D eigenvalue weighted by molar-refractivity contribution is 5.93. The summed E-state index contributed by atoms with van der Waals surface area (Å²) in [5.41, 5.74) is 6.08. The van der Waals surface area contributed by atoms with Gasteiger partial charge in [0.1, 0.15) is 0 Å². The molecule has 0 bridgehead atoms. The van der Waals surface area contributed by atoms with E-state index in [0.717, 1.165) is 52.6 Å². The summed E-state index contributed by atoms with van der Waals surface area (Å²) in [6, 6.07) is 28.1. The van der Waals surface area contributed by atoms with Crippen LogP contribution in [0.1, 0.15) is 111 Å². The van der Waals surface area contributed by atoms with Crippen molar-refractivity contribution in [2.24, 2.45) is 11.8 Å². The molecule has 2 aliphatic heterocycles. The second-order valence-electron chi connectivity index (χ2n) is 16.7. The average Bonchev–Trinajstić information content (AvgIpc) is 3.20. The summed E-state index contributed by atoms with van der Waals surface area (Å²) in [5, 5.41) is 16.1. The van der Waals surface area contributed by atoms with Crippen molar-refractivity contribution in [2.45, 2.75) is 115 Å². The van der Waals surface area contributed by atoms with Gasteiger partial charge in [-0.2, -0.15) is 0 Å². The normalized spacial score (nSPS) is 25.8. The van der Waals surface area contributed by atoms with Gasteiger partial charge in [-0.05, 0) is 92.3 Å². The highest BCUT2D eigenvalue weighted by Crippen LogP contribution is 2.44. The van der Waals surface area contributed by atoms with E-state index in [4.69, 9.17) is 9.47 Å². The second-order valence-corrected chi connectivity index (χ2v) is 16.7. The number of pyridine rings is 1. The van der Waals surface area contributed by atoms with Gasteiger partial charge in [0.2, 0.25) is 5.91 Å². The van der Waals surface area contributed by atoms with Crippen LogP contribution >= 0.6 is 0 Å². The quantitative estimate of drug-likeness (QED) is 0.151. The van der Waals surface area contributed by atoms with E-state index in [1.807, 2.05) is 51.1 Å². The zero-order valence-electron chi connectivity index (χ0n) is 32.6. The molecule has 3 fully saturated rings. The number of nitrogens with zero attached hydrogens (tertiary/aromatic N) is 2. The van der Waals surface area contributed by atoms with Crippen LogP contribution in [0.4, 0.5) is 0 Å². The fourth-order valence-corrected chi connectivity index (χ4v) is 8.81. The lowest BCUT2D eigenvalue weighted by Gasteiger charge is -2.51. The number of aliphatic hydroxyl groups is 1. The molecule has 0 spiro atoms. The van der Waals surface area contributed by atoms with Crippen LogP contribution < -0.4 is 10.6 Å². The summed E-state index contributed by atoms with van der Waals surface area (Å²) in [4.78, 5) is 33.3. The number of benzene rings is 3. The largest absolute Gasteiger partial charge is 0.392 e. The Bertz CT molecular complexity index is 1890. The summed E-state index contributed by atoms with van der Waals surface area (Å²) in [5.74, 6) is 0.536. The van der Waals surface area contributed by atoms with Crippen molar-refractivity contribution in [3.05, 3.63) is 125 Å². The summed E-state index contributed by atoms with van der Waals surface area (Å²) in [6.45, 7) is 9.36. The molecule has 7 rings (SSSR count). The summed E-state index contributed by atoms with van der Waals surface area (Å²) < 4.78 is 13.8. The van der Waals surface area contributed by atoms with Crippen molar-refractivity contribution in [3.63, 3.8) is 0 Å². The zero-order chi connectivity index (χ0) is 38.5. The maximum atomic E-state index is 13.9. The molecule has 55 heavy (non-hydrogen) atoms. The van der Waals surface area contributed by atoms with Crippen LogP contribution in [-0.2, 0) is 27.4 Å². The van der Waals surface area contributed by atoms with Crippen molar-refractivity contribution < 1.29 is 24.2 Å².